The summed E-state index contributed by atoms with van der Waals surface area (Å²) in [5.41, 5.74) is 0.737. The molecule has 0 saturated heterocycles. The summed E-state index contributed by atoms with van der Waals surface area (Å²) < 4.78 is 0. The molecule has 0 aromatic carbocycles. The van der Waals surface area contributed by atoms with Gasteiger partial charge in [-0.25, -0.2) is 0 Å². The van der Waals surface area contributed by atoms with Gasteiger partial charge in [-0.2, -0.15) is 0 Å². The van der Waals surface area contributed by atoms with Crippen molar-refractivity contribution in [3.63, 3.8) is 0 Å². The highest BCUT2D eigenvalue weighted by molar-refractivity contribution is 8.03. The first kappa shape index (κ1) is 8.76. The van der Waals surface area contributed by atoms with Gasteiger partial charge in [-0.3, -0.25) is 0 Å². The molecule has 0 fully saturated rings. The van der Waals surface area contributed by atoms with Crippen LogP contribution in [0.3, 0.4) is 0 Å². The molecule has 0 unspecified atom stereocenters. The standard InChI is InChI=1S/C7H13NS/c1-4-7(3)9-5-6(2)8/h4,8H,5H2,1-3H3/b7-4-,8-6?. The van der Waals surface area contributed by atoms with Crippen molar-refractivity contribution in [2.24, 2.45) is 0 Å². The molecule has 0 aliphatic rings. The van der Waals surface area contributed by atoms with E-state index >= 15 is 0 Å². The second-order valence-corrected chi connectivity index (χ2v) is 3.19. The van der Waals surface area contributed by atoms with Gasteiger partial charge >= 0.3 is 0 Å². The Balaban J connectivity index is 3.39. The maximum Gasteiger partial charge on any atom is 0.0352 e. The van der Waals surface area contributed by atoms with Gasteiger partial charge in [-0.05, 0) is 25.7 Å². The molecular formula is C7H13NS. The molecule has 1 nitrogen and oxygen atoms in total. The SMILES string of the molecule is C/C=C(/C)SCC(C)=N. The van der Waals surface area contributed by atoms with Crippen LogP contribution in [0.4, 0.5) is 0 Å². The predicted molar refractivity (Wildman–Crippen MR) is 45.3 cm³/mol. The third kappa shape index (κ3) is 5.63. The van der Waals surface area contributed by atoms with Crippen molar-refractivity contribution in [1.29, 1.82) is 5.41 Å². The van der Waals surface area contributed by atoms with Crippen LogP contribution < -0.4 is 0 Å². The second kappa shape index (κ2) is 4.62. The highest BCUT2D eigenvalue weighted by Gasteiger charge is 1.89. The number of allylic oxidation sites excluding steroid dienone is 2. The van der Waals surface area contributed by atoms with E-state index in [2.05, 4.69) is 13.0 Å². The van der Waals surface area contributed by atoms with Crippen LogP contribution in [0.25, 0.3) is 0 Å². The van der Waals surface area contributed by atoms with Crippen LogP contribution in [-0.4, -0.2) is 11.5 Å². The van der Waals surface area contributed by atoms with E-state index in [1.807, 2.05) is 13.8 Å². The van der Waals surface area contributed by atoms with Crippen LogP contribution in [0.15, 0.2) is 11.0 Å². The van der Waals surface area contributed by atoms with E-state index in [0.29, 0.717) is 0 Å². The van der Waals surface area contributed by atoms with Crippen LogP contribution in [0.5, 0.6) is 0 Å². The van der Waals surface area contributed by atoms with Crippen LogP contribution in [0.2, 0.25) is 0 Å². The third-order valence-electron chi connectivity index (χ3n) is 0.923. The minimum Gasteiger partial charge on any atom is -0.309 e. The molecule has 0 rings (SSSR count). The molecule has 0 amide bonds. The minimum absolute atomic E-state index is 0.737. The molecule has 2 heteroatoms. The van der Waals surface area contributed by atoms with Crippen molar-refractivity contribution >= 4 is 17.5 Å². The average molecular weight is 143 g/mol. The molecular weight excluding hydrogens is 130 g/mol. The Morgan fingerprint density at radius 2 is 2.11 bits per heavy atom. The van der Waals surface area contributed by atoms with Gasteiger partial charge in [-0.1, -0.05) is 6.08 Å². The zero-order chi connectivity index (χ0) is 7.28. The first-order chi connectivity index (χ1) is 4.16. The Hall–Kier alpha value is -0.240. The lowest BCUT2D eigenvalue weighted by Crippen LogP contribution is -1.90. The molecule has 0 aliphatic carbocycles. The monoisotopic (exact) mass is 143 g/mol. The lowest BCUT2D eigenvalue weighted by molar-refractivity contribution is 1.46. The van der Waals surface area contributed by atoms with E-state index < -0.39 is 0 Å². The van der Waals surface area contributed by atoms with Crippen molar-refractivity contribution in [2.45, 2.75) is 20.8 Å². The topological polar surface area (TPSA) is 23.9 Å². The van der Waals surface area contributed by atoms with Gasteiger partial charge in [0.1, 0.15) is 0 Å². The zero-order valence-corrected chi connectivity index (χ0v) is 7.01. The smallest absolute Gasteiger partial charge is 0.0352 e. The number of hydrogen-bond acceptors (Lipinski definition) is 2. The first-order valence-electron chi connectivity index (χ1n) is 2.96. The average Bonchev–Trinajstić information content (AvgIpc) is 1.83. The number of rotatable bonds is 3. The molecule has 1 N–H and O–H groups in total. The predicted octanol–water partition coefficient (Wildman–Crippen LogP) is 2.68. The van der Waals surface area contributed by atoms with E-state index in [0.717, 1.165) is 11.5 Å². The Labute approximate surface area is 61.0 Å². The largest absolute Gasteiger partial charge is 0.309 e. The normalized spacial score (nSPS) is 11.7. The number of nitrogens with one attached hydrogen (secondary N) is 1. The molecule has 52 valence electrons. The fourth-order valence-corrected chi connectivity index (χ4v) is 0.916. The highest BCUT2D eigenvalue weighted by Crippen LogP contribution is 2.13. The van der Waals surface area contributed by atoms with Gasteiger partial charge in [0, 0.05) is 11.5 Å². The minimum atomic E-state index is 0.737. The second-order valence-electron chi connectivity index (χ2n) is 1.97. The van der Waals surface area contributed by atoms with Crippen molar-refractivity contribution in [1.82, 2.24) is 0 Å². The van der Waals surface area contributed by atoms with E-state index in [-0.39, 0.29) is 0 Å². The van der Waals surface area contributed by atoms with Crippen LogP contribution >= 0.6 is 11.8 Å². The van der Waals surface area contributed by atoms with Gasteiger partial charge in [0.05, 0.1) is 0 Å². The van der Waals surface area contributed by atoms with Gasteiger partial charge in [-0.15, -0.1) is 11.8 Å². The van der Waals surface area contributed by atoms with Gasteiger partial charge in [0.2, 0.25) is 0 Å². The van der Waals surface area contributed by atoms with E-state index in [9.17, 15) is 0 Å². The van der Waals surface area contributed by atoms with E-state index in [1.54, 1.807) is 11.8 Å². The molecule has 0 saturated carbocycles. The Bertz CT molecular complexity index is 127. The summed E-state index contributed by atoms with van der Waals surface area (Å²) in [6.07, 6.45) is 2.06. The summed E-state index contributed by atoms with van der Waals surface area (Å²) in [6.45, 7) is 5.91. The van der Waals surface area contributed by atoms with Gasteiger partial charge in [0.25, 0.3) is 0 Å². The Kier molecular flexibility index (Phi) is 4.50. The molecule has 0 aromatic heterocycles. The molecule has 0 spiro atoms. The number of thioether (sulfide) groups is 1. The van der Waals surface area contributed by atoms with Crippen molar-refractivity contribution in [3.8, 4) is 0 Å². The summed E-state index contributed by atoms with van der Waals surface area (Å²) in [7, 11) is 0. The summed E-state index contributed by atoms with van der Waals surface area (Å²) in [4.78, 5) is 1.29. The lowest BCUT2D eigenvalue weighted by Gasteiger charge is -1.96. The lowest BCUT2D eigenvalue weighted by atomic mass is 10.5. The third-order valence-corrected chi connectivity index (χ3v) is 2.19. The first-order valence-corrected chi connectivity index (χ1v) is 3.95. The summed E-state index contributed by atoms with van der Waals surface area (Å²) in [6, 6.07) is 0. The van der Waals surface area contributed by atoms with Crippen molar-refractivity contribution < 1.29 is 0 Å². The summed E-state index contributed by atoms with van der Waals surface area (Å²) >= 11 is 1.72. The molecule has 0 bridgehead atoms. The Morgan fingerprint density at radius 3 is 2.44 bits per heavy atom. The molecule has 0 aromatic rings. The summed E-state index contributed by atoms with van der Waals surface area (Å²) in [5.74, 6) is 0.830. The summed E-state index contributed by atoms with van der Waals surface area (Å²) in [5, 5.41) is 7.11. The van der Waals surface area contributed by atoms with Crippen molar-refractivity contribution in [2.75, 3.05) is 5.75 Å². The molecule has 0 heterocycles. The highest BCUT2D eigenvalue weighted by atomic mass is 32.2. The molecule has 9 heavy (non-hydrogen) atoms. The maximum atomic E-state index is 7.11. The quantitative estimate of drug-likeness (QED) is 0.603. The van der Waals surface area contributed by atoms with Crippen LogP contribution in [0.1, 0.15) is 20.8 Å². The fraction of sp³-hybridized carbons (Fsp3) is 0.571. The van der Waals surface area contributed by atoms with E-state index in [4.69, 9.17) is 5.41 Å². The van der Waals surface area contributed by atoms with Crippen LogP contribution in [0, 0.1) is 5.41 Å². The van der Waals surface area contributed by atoms with Crippen LogP contribution in [-0.2, 0) is 0 Å². The van der Waals surface area contributed by atoms with Gasteiger partial charge in [0.15, 0.2) is 0 Å². The van der Waals surface area contributed by atoms with E-state index in [1.165, 1.54) is 4.91 Å². The number of hydrogen-bond donors (Lipinski definition) is 1. The van der Waals surface area contributed by atoms with Gasteiger partial charge < -0.3 is 5.41 Å². The molecule has 0 atom stereocenters. The fourth-order valence-electron chi connectivity index (χ4n) is 0.305. The molecule has 0 aliphatic heterocycles. The Morgan fingerprint density at radius 1 is 1.56 bits per heavy atom. The maximum absolute atomic E-state index is 7.11. The molecule has 0 radical (unpaired) electrons. The zero-order valence-electron chi connectivity index (χ0n) is 6.19. The van der Waals surface area contributed by atoms with Crippen molar-refractivity contribution in [3.05, 3.63) is 11.0 Å².